The molecule has 0 aliphatic heterocycles. The highest BCUT2D eigenvalue weighted by Crippen LogP contribution is 2.17. The molecule has 0 unspecified atom stereocenters. The molecule has 0 aliphatic rings. The predicted molar refractivity (Wildman–Crippen MR) is 104 cm³/mol. The SMILES string of the molecule is CC(C)c1ccc(/C=C(\C#N)C(=O)OCc2nc(-c3ccccc3)no2)cc1. The molecule has 0 amide bonds. The fourth-order valence-electron chi connectivity index (χ4n) is 2.50. The van der Waals surface area contributed by atoms with Gasteiger partial charge in [0, 0.05) is 5.56 Å². The Morgan fingerprint density at radius 1 is 1.18 bits per heavy atom. The molecule has 0 atom stereocenters. The summed E-state index contributed by atoms with van der Waals surface area (Å²) in [6.45, 7) is 4.00. The van der Waals surface area contributed by atoms with Crippen molar-refractivity contribution in [1.82, 2.24) is 10.1 Å². The molecule has 0 bridgehead atoms. The Bertz CT molecular complexity index is 1010. The van der Waals surface area contributed by atoms with Gasteiger partial charge in [-0.05, 0) is 23.1 Å². The van der Waals surface area contributed by atoms with Gasteiger partial charge in [-0.2, -0.15) is 10.2 Å². The lowest BCUT2D eigenvalue weighted by Gasteiger charge is -2.05. The summed E-state index contributed by atoms with van der Waals surface area (Å²) >= 11 is 0. The highest BCUT2D eigenvalue weighted by molar-refractivity contribution is 5.97. The van der Waals surface area contributed by atoms with Gasteiger partial charge in [-0.1, -0.05) is 73.6 Å². The molecule has 28 heavy (non-hydrogen) atoms. The monoisotopic (exact) mass is 373 g/mol. The van der Waals surface area contributed by atoms with Crippen LogP contribution in [0.25, 0.3) is 17.5 Å². The van der Waals surface area contributed by atoms with E-state index in [9.17, 15) is 10.1 Å². The summed E-state index contributed by atoms with van der Waals surface area (Å²) in [5.74, 6) is 0.238. The normalized spacial score (nSPS) is 11.3. The van der Waals surface area contributed by atoms with Gasteiger partial charge >= 0.3 is 5.97 Å². The van der Waals surface area contributed by atoms with Crippen LogP contribution in [0.1, 0.15) is 36.8 Å². The van der Waals surface area contributed by atoms with E-state index in [0.29, 0.717) is 11.7 Å². The van der Waals surface area contributed by atoms with E-state index >= 15 is 0 Å². The molecule has 3 rings (SSSR count). The molecule has 0 fully saturated rings. The van der Waals surface area contributed by atoms with Crippen LogP contribution in [0.5, 0.6) is 0 Å². The van der Waals surface area contributed by atoms with Crippen LogP contribution >= 0.6 is 0 Å². The third kappa shape index (κ3) is 4.71. The average Bonchev–Trinajstić information content (AvgIpc) is 3.20. The summed E-state index contributed by atoms with van der Waals surface area (Å²) in [4.78, 5) is 16.4. The molecule has 6 nitrogen and oxygen atoms in total. The molecule has 0 radical (unpaired) electrons. The minimum absolute atomic E-state index is 0.0971. The Balaban J connectivity index is 1.64. The third-order valence-corrected chi connectivity index (χ3v) is 4.08. The second-order valence-electron chi connectivity index (χ2n) is 6.45. The topological polar surface area (TPSA) is 89.0 Å². The van der Waals surface area contributed by atoms with Gasteiger partial charge in [0.1, 0.15) is 11.6 Å². The van der Waals surface area contributed by atoms with Crippen molar-refractivity contribution in [2.45, 2.75) is 26.4 Å². The zero-order valence-electron chi connectivity index (χ0n) is 15.6. The molecule has 0 aliphatic carbocycles. The molecule has 140 valence electrons. The lowest BCUT2D eigenvalue weighted by Crippen LogP contribution is -2.07. The van der Waals surface area contributed by atoms with Crippen LogP contribution in [-0.4, -0.2) is 16.1 Å². The standard InChI is InChI=1S/C22H19N3O3/c1-15(2)17-10-8-16(9-11-17)12-19(13-23)22(26)27-14-20-24-21(25-28-20)18-6-4-3-5-7-18/h3-12,15H,14H2,1-2H3/b19-12+. The average molecular weight is 373 g/mol. The molecule has 3 aromatic rings. The molecule has 2 aromatic carbocycles. The van der Waals surface area contributed by atoms with Crippen molar-refractivity contribution in [2.24, 2.45) is 0 Å². The summed E-state index contributed by atoms with van der Waals surface area (Å²) in [6.07, 6.45) is 1.50. The number of nitrogens with zero attached hydrogens (tertiary/aromatic N) is 3. The minimum atomic E-state index is -0.741. The number of carbonyl (C=O) groups excluding carboxylic acids is 1. The Kier molecular flexibility index (Phi) is 5.97. The van der Waals surface area contributed by atoms with E-state index in [0.717, 1.165) is 11.1 Å². The van der Waals surface area contributed by atoms with Crippen molar-refractivity contribution in [3.05, 3.63) is 77.2 Å². The first-order chi connectivity index (χ1) is 13.6. The van der Waals surface area contributed by atoms with Crippen molar-refractivity contribution in [3.8, 4) is 17.5 Å². The number of hydrogen-bond donors (Lipinski definition) is 0. The molecule has 6 heteroatoms. The zero-order chi connectivity index (χ0) is 19.9. The molecule has 1 aromatic heterocycles. The van der Waals surface area contributed by atoms with Crippen LogP contribution in [0, 0.1) is 11.3 Å². The second kappa shape index (κ2) is 8.78. The van der Waals surface area contributed by atoms with E-state index in [-0.39, 0.29) is 18.1 Å². The maximum absolute atomic E-state index is 12.2. The van der Waals surface area contributed by atoms with Gasteiger partial charge in [0.05, 0.1) is 0 Å². The highest BCUT2D eigenvalue weighted by Gasteiger charge is 2.14. The van der Waals surface area contributed by atoms with Gasteiger partial charge in [-0.15, -0.1) is 0 Å². The minimum Gasteiger partial charge on any atom is -0.451 e. The maximum atomic E-state index is 12.2. The Labute approximate surface area is 163 Å². The van der Waals surface area contributed by atoms with Crippen molar-refractivity contribution in [2.75, 3.05) is 0 Å². The second-order valence-corrected chi connectivity index (χ2v) is 6.45. The number of carbonyl (C=O) groups is 1. The highest BCUT2D eigenvalue weighted by atomic mass is 16.6. The van der Waals surface area contributed by atoms with Gasteiger partial charge in [0.25, 0.3) is 5.89 Å². The van der Waals surface area contributed by atoms with E-state index in [4.69, 9.17) is 9.26 Å². The van der Waals surface area contributed by atoms with Crippen LogP contribution in [0.4, 0.5) is 0 Å². The molecule has 0 N–H and O–H groups in total. The summed E-state index contributed by atoms with van der Waals surface area (Å²) in [6, 6.07) is 18.9. The van der Waals surface area contributed by atoms with Crippen LogP contribution in [0.15, 0.2) is 64.7 Å². The number of nitriles is 1. The summed E-state index contributed by atoms with van der Waals surface area (Å²) in [5.41, 5.74) is 2.64. The van der Waals surface area contributed by atoms with Crippen molar-refractivity contribution >= 4 is 12.0 Å². The zero-order valence-corrected chi connectivity index (χ0v) is 15.6. The van der Waals surface area contributed by atoms with Gasteiger partial charge in [0.2, 0.25) is 5.82 Å². The van der Waals surface area contributed by atoms with Crippen LogP contribution < -0.4 is 0 Å². The van der Waals surface area contributed by atoms with Gasteiger partial charge in [-0.3, -0.25) is 0 Å². The molecular formula is C22H19N3O3. The largest absolute Gasteiger partial charge is 0.451 e. The maximum Gasteiger partial charge on any atom is 0.349 e. The lowest BCUT2D eigenvalue weighted by atomic mass is 10.0. The summed E-state index contributed by atoms with van der Waals surface area (Å²) < 4.78 is 10.2. The van der Waals surface area contributed by atoms with Gasteiger partial charge in [-0.25, -0.2) is 4.79 Å². The van der Waals surface area contributed by atoms with E-state index in [1.165, 1.54) is 11.6 Å². The van der Waals surface area contributed by atoms with E-state index in [2.05, 4.69) is 24.0 Å². The molecular weight excluding hydrogens is 354 g/mol. The molecule has 1 heterocycles. The summed E-state index contributed by atoms with van der Waals surface area (Å²) in [5, 5.41) is 13.1. The van der Waals surface area contributed by atoms with Crippen molar-refractivity contribution in [3.63, 3.8) is 0 Å². The van der Waals surface area contributed by atoms with Crippen molar-refractivity contribution < 1.29 is 14.1 Å². The van der Waals surface area contributed by atoms with E-state index < -0.39 is 5.97 Å². The van der Waals surface area contributed by atoms with Crippen molar-refractivity contribution in [1.29, 1.82) is 5.26 Å². The number of hydrogen-bond acceptors (Lipinski definition) is 6. The summed E-state index contributed by atoms with van der Waals surface area (Å²) in [7, 11) is 0. The predicted octanol–water partition coefficient (Wildman–Crippen LogP) is 4.51. The van der Waals surface area contributed by atoms with Crippen LogP contribution in [0.3, 0.4) is 0 Å². The van der Waals surface area contributed by atoms with Crippen LogP contribution in [-0.2, 0) is 16.1 Å². The fraction of sp³-hybridized carbons (Fsp3) is 0.182. The first-order valence-electron chi connectivity index (χ1n) is 8.83. The first kappa shape index (κ1) is 19.1. The fourth-order valence-corrected chi connectivity index (χ4v) is 2.50. The quantitative estimate of drug-likeness (QED) is 0.359. The van der Waals surface area contributed by atoms with E-state index in [1.807, 2.05) is 60.7 Å². The Morgan fingerprint density at radius 2 is 1.89 bits per heavy atom. The number of benzene rings is 2. The molecule has 0 saturated heterocycles. The van der Waals surface area contributed by atoms with Gasteiger partial charge < -0.3 is 9.26 Å². The van der Waals surface area contributed by atoms with Crippen LogP contribution in [0.2, 0.25) is 0 Å². The Hall–Kier alpha value is -3.72. The van der Waals surface area contributed by atoms with Gasteiger partial charge in [0.15, 0.2) is 6.61 Å². The van der Waals surface area contributed by atoms with E-state index in [1.54, 1.807) is 0 Å². The Morgan fingerprint density at radius 3 is 2.54 bits per heavy atom. The number of ether oxygens (including phenoxy) is 1. The number of esters is 1. The molecule has 0 spiro atoms. The smallest absolute Gasteiger partial charge is 0.349 e. The lowest BCUT2D eigenvalue weighted by molar-refractivity contribution is -0.140. The first-order valence-corrected chi connectivity index (χ1v) is 8.83. The third-order valence-electron chi connectivity index (χ3n) is 4.08. The number of aromatic nitrogens is 2. The number of rotatable bonds is 6. The molecule has 0 saturated carbocycles.